The molecule has 0 bridgehead atoms. The molecule has 2 aromatic heterocycles. The van der Waals surface area contributed by atoms with Crippen molar-refractivity contribution in [2.75, 3.05) is 0 Å². The fourth-order valence-corrected chi connectivity index (χ4v) is 1.10. The van der Waals surface area contributed by atoms with Crippen molar-refractivity contribution in [1.29, 1.82) is 0 Å². The molecule has 3 heteroatoms. The molecule has 2 heterocycles. The number of hydrogen-bond donors (Lipinski definition) is 2. The Morgan fingerprint density at radius 1 is 1.46 bits per heavy atom. The van der Waals surface area contributed by atoms with Crippen molar-refractivity contribution in [3.05, 3.63) is 30.1 Å². The van der Waals surface area contributed by atoms with Crippen molar-refractivity contribution in [3.8, 4) is 0 Å². The van der Waals surface area contributed by atoms with E-state index in [9.17, 15) is 0 Å². The van der Waals surface area contributed by atoms with Gasteiger partial charge in [0.25, 0.3) is 0 Å². The molecule has 0 spiro atoms. The maximum atomic E-state index is 5.46. The number of fused-ring (bicyclic) bond motifs is 1. The Bertz CT molecular complexity index is 365. The second-order valence-corrected chi connectivity index (χ2v) is 2.46. The summed E-state index contributed by atoms with van der Waals surface area (Å²) in [6, 6.07) is 4.03. The van der Waals surface area contributed by atoms with Crippen molar-refractivity contribution in [2.24, 2.45) is 5.73 Å². The van der Waals surface area contributed by atoms with Gasteiger partial charge in [0.05, 0.1) is 0 Å². The third kappa shape index (κ3) is 2.06. The maximum Gasteiger partial charge on any atom is 0.137 e. The molecular weight excluding hydrogens is 162 g/mol. The van der Waals surface area contributed by atoms with Gasteiger partial charge >= 0.3 is 0 Å². The minimum Gasteiger partial charge on any atom is -0.346 e. The Hall–Kier alpha value is -1.35. The topological polar surface area (TPSA) is 54.7 Å². The Kier molecular flexibility index (Phi) is 3.46. The van der Waals surface area contributed by atoms with Crippen molar-refractivity contribution in [2.45, 2.75) is 20.4 Å². The Morgan fingerprint density at radius 2 is 2.23 bits per heavy atom. The molecule has 0 saturated heterocycles. The van der Waals surface area contributed by atoms with Crippen LogP contribution in [-0.2, 0) is 6.54 Å². The van der Waals surface area contributed by atoms with Crippen LogP contribution in [0.1, 0.15) is 19.4 Å². The number of hydrogen-bond acceptors (Lipinski definition) is 2. The molecule has 0 saturated carbocycles. The molecular formula is C10H15N3. The molecule has 0 aromatic carbocycles. The Labute approximate surface area is 78.0 Å². The number of rotatable bonds is 1. The standard InChI is InChI=1S/C8H9N3.C2H6/c9-4-6-3-7-1-2-10-8(7)11-5-6;1-2/h1-3,5H,4,9H2,(H,10,11);1-2H3. The molecule has 0 aliphatic rings. The lowest BCUT2D eigenvalue weighted by Crippen LogP contribution is -1.96. The molecule has 13 heavy (non-hydrogen) atoms. The average Bonchev–Trinajstić information content (AvgIpc) is 2.67. The van der Waals surface area contributed by atoms with Crippen LogP contribution in [0.15, 0.2) is 24.5 Å². The number of nitrogens with one attached hydrogen (secondary N) is 1. The minimum atomic E-state index is 0.550. The van der Waals surface area contributed by atoms with Gasteiger partial charge in [0.1, 0.15) is 5.65 Å². The van der Waals surface area contributed by atoms with E-state index in [1.807, 2.05) is 32.2 Å². The van der Waals surface area contributed by atoms with Crippen LogP contribution in [0.4, 0.5) is 0 Å². The largest absolute Gasteiger partial charge is 0.346 e. The van der Waals surface area contributed by atoms with Crippen molar-refractivity contribution < 1.29 is 0 Å². The normalized spacial score (nSPS) is 9.46. The minimum absolute atomic E-state index is 0.550. The molecule has 70 valence electrons. The van der Waals surface area contributed by atoms with Gasteiger partial charge in [-0.15, -0.1) is 0 Å². The van der Waals surface area contributed by atoms with Crippen LogP contribution in [0.3, 0.4) is 0 Å². The summed E-state index contributed by atoms with van der Waals surface area (Å²) in [7, 11) is 0. The quantitative estimate of drug-likeness (QED) is 0.700. The molecule has 3 N–H and O–H groups in total. The maximum absolute atomic E-state index is 5.46. The van der Waals surface area contributed by atoms with Crippen LogP contribution in [0.5, 0.6) is 0 Å². The van der Waals surface area contributed by atoms with Gasteiger partial charge < -0.3 is 10.7 Å². The van der Waals surface area contributed by atoms with Gasteiger partial charge in [-0.3, -0.25) is 0 Å². The number of aromatic nitrogens is 2. The highest BCUT2D eigenvalue weighted by Gasteiger charge is 1.95. The van der Waals surface area contributed by atoms with E-state index >= 15 is 0 Å². The summed E-state index contributed by atoms with van der Waals surface area (Å²) in [4.78, 5) is 7.20. The van der Waals surface area contributed by atoms with Gasteiger partial charge in [-0.25, -0.2) is 4.98 Å². The lowest BCUT2D eigenvalue weighted by Gasteiger charge is -1.94. The highest BCUT2D eigenvalue weighted by Crippen LogP contribution is 2.10. The van der Waals surface area contributed by atoms with E-state index < -0.39 is 0 Å². The van der Waals surface area contributed by atoms with Crippen LogP contribution < -0.4 is 5.73 Å². The Balaban J connectivity index is 0.000000396. The van der Waals surface area contributed by atoms with E-state index in [1.54, 1.807) is 6.20 Å². The van der Waals surface area contributed by atoms with Crippen LogP contribution in [0.25, 0.3) is 11.0 Å². The van der Waals surface area contributed by atoms with Gasteiger partial charge in [-0.05, 0) is 17.7 Å². The third-order valence-corrected chi connectivity index (χ3v) is 1.69. The first kappa shape index (κ1) is 9.74. The molecule has 0 aliphatic carbocycles. The molecule has 0 unspecified atom stereocenters. The highest BCUT2D eigenvalue weighted by atomic mass is 14.8. The van der Waals surface area contributed by atoms with Gasteiger partial charge in [-0.2, -0.15) is 0 Å². The van der Waals surface area contributed by atoms with E-state index in [1.165, 1.54) is 0 Å². The van der Waals surface area contributed by atoms with Gasteiger partial charge in [0, 0.05) is 24.3 Å². The molecule has 3 nitrogen and oxygen atoms in total. The molecule has 0 amide bonds. The predicted molar refractivity (Wildman–Crippen MR) is 55.3 cm³/mol. The molecule has 2 rings (SSSR count). The fraction of sp³-hybridized carbons (Fsp3) is 0.300. The summed E-state index contributed by atoms with van der Waals surface area (Å²) in [6.45, 7) is 4.55. The summed E-state index contributed by atoms with van der Waals surface area (Å²) in [5, 5.41) is 1.12. The number of aromatic amines is 1. The first-order chi connectivity index (χ1) is 6.40. The van der Waals surface area contributed by atoms with Crippen LogP contribution >= 0.6 is 0 Å². The second-order valence-electron chi connectivity index (χ2n) is 2.46. The first-order valence-electron chi connectivity index (χ1n) is 4.52. The molecule has 0 aliphatic heterocycles. The zero-order valence-electron chi connectivity index (χ0n) is 8.04. The van der Waals surface area contributed by atoms with Gasteiger partial charge in [-0.1, -0.05) is 13.8 Å². The predicted octanol–water partition coefficient (Wildman–Crippen LogP) is 2.05. The van der Waals surface area contributed by atoms with Crippen molar-refractivity contribution in [1.82, 2.24) is 9.97 Å². The zero-order valence-corrected chi connectivity index (χ0v) is 8.04. The average molecular weight is 177 g/mol. The summed E-state index contributed by atoms with van der Waals surface area (Å²) < 4.78 is 0. The number of pyridine rings is 1. The molecule has 2 aromatic rings. The summed E-state index contributed by atoms with van der Waals surface area (Å²) in [5.74, 6) is 0. The second kappa shape index (κ2) is 4.62. The van der Waals surface area contributed by atoms with Gasteiger partial charge in [0.15, 0.2) is 0 Å². The van der Waals surface area contributed by atoms with E-state index in [2.05, 4.69) is 9.97 Å². The van der Waals surface area contributed by atoms with E-state index in [4.69, 9.17) is 5.73 Å². The molecule has 0 fully saturated rings. The lowest BCUT2D eigenvalue weighted by molar-refractivity contribution is 1.06. The van der Waals surface area contributed by atoms with E-state index in [0.29, 0.717) is 6.54 Å². The molecule has 0 atom stereocenters. The van der Waals surface area contributed by atoms with Crippen LogP contribution in [0.2, 0.25) is 0 Å². The van der Waals surface area contributed by atoms with Crippen molar-refractivity contribution in [3.63, 3.8) is 0 Å². The van der Waals surface area contributed by atoms with Crippen LogP contribution in [0, 0.1) is 0 Å². The Morgan fingerprint density at radius 3 is 2.92 bits per heavy atom. The van der Waals surface area contributed by atoms with Crippen LogP contribution in [-0.4, -0.2) is 9.97 Å². The lowest BCUT2D eigenvalue weighted by atomic mass is 10.2. The van der Waals surface area contributed by atoms with E-state index in [0.717, 1.165) is 16.6 Å². The fourth-order valence-electron chi connectivity index (χ4n) is 1.10. The SMILES string of the molecule is CC.NCc1cnc2[nH]ccc2c1. The molecule has 0 radical (unpaired) electrons. The van der Waals surface area contributed by atoms with E-state index in [-0.39, 0.29) is 0 Å². The first-order valence-corrected chi connectivity index (χ1v) is 4.52. The smallest absolute Gasteiger partial charge is 0.137 e. The number of nitrogens with zero attached hydrogens (tertiary/aromatic N) is 1. The third-order valence-electron chi connectivity index (χ3n) is 1.69. The number of nitrogens with two attached hydrogens (primary N) is 1. The summed E-state index contributed by atoms with van der Waals surface area (Å²) >= 11 is 0. The monoisotopic (exact) mass is 177 g/mol. The van der Waals surface area contributed by atoms with Crippen molar-refractivity contribution >= 4 is 11.0 Å². The number of H-pyrrole nitrogens is 1. The zero-order chi connectivity index (χ0) is 9.68. The summed E-state index contributed by atoms with van der Waals surface area (Å²) in [5.41, 5.74) is 7.44. The van der Waals surface area contributed by atoms with Gasteiger partial charge in [0.2, 0.25) is 0 Å². The summed E-state index contributed by atoms with van der Waals surface area (Å²) in [6.07, 6.45) is 3.66. The highest BCUT2D eigenvalue weighted by molar-refractivity contribution is 5.75.